The van der Waals surface area contributed by atoms with E-state index in [9.17, 15) is 14.4 Å². The minimum atomic E-state index is -0.703. The van der Waals surface area contributed by atoms with E-state index >= 15 is 0 Å². The van der Waals surface area contributed by atoms with Crippen molar-refractivity contribution in [1.82, 2.24) is 19.5 Å². The van der Waals surface area contributed by atoms with Gasteiger partial charge in [-0.15, -0.1) is 12.4 Å². The van der Waals surface area contributed by atoms with Crippen LogP contribution in [0.2, 0.25) is 0 Å². The number of halogens is 1. The van der Waals surface area contributed by atoms with Crippen LogP contribution in [0.25, 0.3) is 11.2 Å². The van der Waals surface area contributed by atoms with E-state index in [-0.39, 0.29) is 61.3 Å². The second-order valence-corrected chi connectivity index (χ2v) is 7.29. The quantitative estimate of drug-likeness (QED) is 0.415. The fourth-order valence-corrected chi connectivity index (χ4v) is 2.77. The van der Waals surface area contributed by atoms with Gasteiger partial charge in [0.05, 0.1) is 19.5 Å². The number of aryl methyl sites for hydroxylation is 1. The Balaban J connectivity index is 0.00000480. The molecule has 12 heteroatoms. The van der Waals surface area contributed by atoms with Crippen molar-refractivity contribution in [3.63, 3.8) is 0 Å². The fraction of sp³-hybridized carbons (Fsp3) is 0.632. The summed E-state index contributed by atoms with van der Waals surface area (Å²) >= 11 is 0. The van der Waals surface area contributed by atoms with Crippen LogP contribution in [0.5, 0.6) is 0 Å². The molecule has 0 radical (unpaired) electrons. The molecule has 0 spiro atoms. The van der Waals surface area contributed by atoms with Crippen LogP contribution in [-0.2, 0) is 25.6 Å². The number of fused-ring (bicyclic) bond motifs is 1. The highest BCUT2D eigenvalue weighted by Crippen LogP contribution is 2.14. The van der Waals surface area contributed by atoms with Gasteiger partial charge in [0.15, 0.2) is 11.2 Å². The van der Waals surface area contributed by atoms with Crippen LogP contribution in [0.1, 0.15) is 40.0 Å². The van der Waals surface area contributed by atoms with Gasteiger partial charge < -0.3 is 25.5 Å². The van der Waals surface area contributed by atoms with Crippen molar-refractivity contribution in [2.75, 3.05) is 18.9 Å². The van der Waals surface area contributed by atoms with Gasteiger partial charge in [-0.1, -0.05) is 27.2 Å². The van der Waals surface area contributed by atoms with Gasteiger partial charge in [0.1, 0.15) is 6.04 Å². The molecule has 11 nitrogen and oxygen atoms in total. The van der Waals surface area contributed by atoms with E-state index in [1.54, 1.807) is 11.5 Å². The van der Waals surface area contributed by atoms with Crippen LogP contribution in [0.3, 0.4) is 0 Å². The van der Waals surface area contributed by atoms with Gasteiger partial charge in [0, 0.05) is 18.9 Å². The SMILES string of the molecule is CCC(=O)OCC(CCn1cnc2c(=O)[nH]c(N)nc21)COC(=O)[C@@H](N)C(C)CC.Cl. The van der Waals surface area contributed by atoms with Crippen molar-refractivity contribution in [2.45, 2.75) is 52.6 Å². The summed E-state index contributed by atoms with van der Waals surface area (Å²) in [5, 5.41) is 0. The molecule has 2 rings (SSSR count). The molecule has 0 bridgehead atoms. The summed E-state index contributed by atoms with van der Waals surface area (Å²) in [4.78, 5) is 46.2. The van der Waals surface area contributed by atoms with Crippen molar-refractivity contribution < 1.29 is 19.1 Å². The van der Waals surface area contributed by atoms with Gasteiger partial charge in [-0.3, -0.25) is 19.4 Å². The first-order valence-corrected chi connectivity index (χ1v) is 10.0. The molecule has 0 saturated carbocycles. The monoisotopic (exact) mass is 458 g/mol. The van der Waals surface area contributed by atoms with Crippen LogP contribution in [-0.4, -0.2) is 50.7 Å². The normalized spacial score (nSPS) is 13.8. The number of nitrogens with two attached hydrogens (primary N) is 2. The molecule has 2 unspecified atom stereocenters. The third-order valence-electron chi connectivity index (χ3n) is 5.03. The second-order valence-electron chi connectivity index (χ2n) is 7.29. The maximum absolute atomic E-state index is 12.2. The lowest BCUT2D eigenvalue weighted by Gasteiger charge is -2.21. The highest BCUT2D eigenvalue weighted by molar-refractivity contribution is 5.85. The Morgan fingerprint density at radius 3 is 2.58 bits per heavy atom. The van der Waals surface area contributed by atoms with Crippen LogP contribution in [0.4, 0.5) is 5.95 Å². The standard InChI is InChI=1S/C19H30N6O5.ClH/c1-4-11(3)14(20)18(28)30-9-12(8-29-13(26)5-2)6-7-25-10-22-15-16(25)23-19(21)24-17(15)27;/h10-12,14H,4-9,20H2,1-3H3,(H3,21,23,24,27);1H/t11?,12?,14-;/m0./s1. The van der Waals surface area contributed by atoms with Crippen LogP contribution in [0.15, 0.2) is 11.1 Å². The van der Waals surface area contributed by atoms with Crippen molar-refractivity contribution in [3.8, 4) is 0 Å². The van der Waals surface area contributed by atoms with Crippen molar-refractivity contribution in [3.05, 3.63) is 16.7 Å². The molecule has 2 heterocycles. The molecule has 3 atom stereocenters. The van der Waals surface area contributed by atoms with Crippen LogP contribution in [0, 0.1) is 11.8 Å². The number of hydrogen-bond donors (Lipinski definition) is 3. The Labute approximate surface area is 186 Å². The number of esters is 2. The first-order chi connectivity index (χ1) is 14.3. The lowest BCUT2D eigenvalue weighted by atomic mass is 10.0. The Kier molecular flexibility index (Phi) is 10.4. The minimum absolute atomic E-state index is 0. The number of nitrogen functional groups attached to an aromatic ring is 1. The zero-order chi connectivity index (χ0) is 22.3. The van der Waals surface area contributed by atoms with Crippen molar-refractivity contribution in [2.24, 2.45) is 17.6 Å². The second kappa shape index (κ2) is 12.3. The Hall–Kier alpha value is -2.66. The first kappa shape index (κ1) is 26.4. The number of aromatic nitrogens is 4. The summed E-state index contributed by atoms with van der Waals surface area (Å²) in [6.45, 7) is 6.11. The molecule has 0 aliphatic rings. The average molecular weight is 459 g/mol. The third-order valence-corrected chi connectivity index (χ3v) is 5.03. The maximum atomic E-state index is 12.2. The smallest absolute Gasteiger partial charge is 0.323 e. The fourth-order valence-electron chi connectivity index (χ4n) is 2.77. The van der Waals surface area contributed by atoms with Crippen molar-refractivity contribution in [1.29, 1.82) is 0 Å². The Bertz CT molecular complexity index is 930. The van der Waals surface area contributed by atoms with E-state index < -0.39 is 17.6 Å². The molecule has 0 aliphatic heterocycles. The van der Waals surface area contributed by atoms with Gasteiger partial charge in [0.2, 0.25) is 5.95 Å². The molecule has 2 aromatic rings. The number of carbonyl (C=O) groups excluding carboxylic acids is 2. The topological polar surface area (TPSA) is 168 Å². The number of H-pyrrole nitrogens is 1. The summed E-state index contributed by atoms with van der Waals surface area (Å²) in [5.74, 6) is -1.08. The molecule has 2 aromatic heterocycles. The molecule has 174 valence electrons. The molecule has 0 fully saturated rings. The Morgan fingerprint density at radius 1 is 1.26 bits per heavy atom. The zero-order valence-electron chi connectivity index (χ0n) is 18.0. The Morgan fingerprint density at radius 2 is 1.94 bits per heavy atom. The third kappa shape index (κ3) is 7.21. The molecule has 0 saturated heterocycles. The van der Waals surface area contributed by atoms with Gasteiger partial charge >= 0.3 is 11.9 Å². The first-order valence-electron chi connectivity index (χ1n) is 10.0. The molecular weight excluding hydrogens is 428 g/mol. The predicted octanol–water partition coefficient (Wildman–Crippen LogP) is 1.000. The summed E-state index contributed by atoms with van der Waals surface area (Å²) in [5.41, 5.74) is 11.7. The van der Waals surface area contributed by atoms with Crippen molar-refractivity contribution >= 4 is 41.5 Å². The number of rotatable bonds is 11. The number of hydrogen-bond acceptors (Lipinski definition) is 9. The number of ether oxygens (including phenoxy) is 2. The molecular formula is C19H31ClN6O5. The van der Waals surface area contributed by atoms with E-state index in [1.807, 2.05) is 13.8 Å². The van der Waals surface area contributed by atoms with Gasteiger partial charge in [0.25, 0.3) is 5.56 Å². The zero-order valence-corrected chi connectivity index (χ0v) is 18.8. The van der Waals surface area contributed by atoms with E-state index in [1.165, 1.54) is 6.33 Å². The molecule has 0 amide bonds. The number of anilines is 1. The number of imidazole rings is 1. The van der Waals surface area contributed by atoms with Gasteiger partial charge in [-0.25, -0.2) is 4.98 Å². The molecule has 0 aliphatic carbocycles. The highest BCUT2D eigenvalue weighted by atomic mass is 35.5. The van der Waals surface area contributed by atoms with Crippen LogP contribution >= 0.6 is 12.4 Å². The van der Waals surface area contributed by atoms with E-state index in [4.69, 9.17) is 20.9 Å². The van der Waals surface area contributed by atoms with E-state index in [2.05, 4.69) is 15.0 Å². The lowest BCUT2D eigenvalue weighted by molar-refractivity contribution is -0.150. The molecule has 5 N–H and O–H groups in total. The lowest BCUT2D eigenvalue weighted by Crippen LogP contribution is -2.39. The number of nitrogens with one attached hydrogen (secondary N) is 1. The van der Waals surface area contributed by atoms with E-state index in [0.29, 0.717) is 18.6 Å². The number of nitrogens with zero attached hydrogens (tertiary/aromatic N) is 3. The summed E-state index contributed by atoms with van der Waals surface area (Å²) in [6.07, 6.45) is 3.00. The minimum Gasteiger partial charge on any atom is -0.465 e. The number of aromatic amines is 1. The summed E-state index contributed by atoms with van der Waals surface area (Å²) in [6, 6.07) is -0.703. The molecule has 0 aromatic carbocycles. The van der Waals surface area contributed by atoms with Gasteiger partial charge in [-0.2, -0.15) is 4.98 Å². The largest absolute Gasteiger partial charge is 0.465 e. The predicted molar refractivity (Wildman–Crippen MR) is 118 cm³/mol. The maximum Gasteiger partial charge on any atom is 0.323 e. The van der Waals surface area contributed by atoms with Crippen LogP contribution < -0.4 is 17.0 Å². The van der Waals surface area contributed by atoms with E-state index in [0.717, 1.165) is 6.42 Å². The highest BCUT2D eigenvalue weighted by Gasteiger charge is 2.23. The summed E-state index contributed by atoms with van der Waals surface area (Å²) in [7, 11) is 0. The number of carbonyl (C=O) groups is 2. The molecule has 31 heavy (non-hydrogen) atoms. The summed E-state index contributed by atoms with van der Waals surface area (Å²) < 4.78 is 12.3. The van der Waals surface area contributed by atoms with Gasteiger partial charge in [-0.05, 0) is 12.3 Å². The average Bonchev–Trinajstić information content (AvgIpc) is 3.14.